The van der Waals surface area contributed by atoms with Crippen LogP contribution in [0.4, 0.5) is 0 Å². The molecular weight excluding hydrogens is 332 g/mol. The Balaban J connectivity index is 1.61. The Kier molecular flexibility index (Phi) is 8.26. The second-order valence-electron chi connectivity index (χ2n) is 5.82. The second kappa shape index (κ2) is 10.7. The van der Waals surface area contributed by atoms with Crippen LogP contribution in [0.15, 0.2) is 59.5 Å². The Morgan fingerprint density at radius 3 is 2.16 bits per heavy atom. The Bertz CT molecular complexity index is 665. The molecule has 2 rings (SSSR count). The number of benzene rings is 2. The van der Waals surface area contributed by atoms with Crippen LogP contribution >= 0.6 is 11.8 Å². The van der Waals surface area contributed by atoms with Gasteiger partial charge in [-0.25, -0.2) is 4.79 Å². The Morgan fingerprint density at radius 2 is 1.48 bits per heavy atom. The van der Waals surface area contributed by atoms with Crippen LogP contribution < -0.4 is 0 Å². The van der Waals surface area contributed by atoms with Gasteiger partial charge < -0.3 is 4.74 Å². The molecule has 0 aliphatic rings. The molecule has 0 saturated carbocycles. The van der Waals surface area contributed by atoms with E-state index in [2.05, 4.69) is 53.3 Å². The van der Waals surface area contributed by atoms with Gasteiger partial charge in [0, 0.05) is 11.3 Å². The number of carbonyl (C=O) groups excluding carboxylic acids is 2. The van der Waals surface area contributed by atoms with Crippen molar-refractivity contribution in [2.24, 2.45) is 0 Å². The van der Waals surface area contributed by atoms with Crippen LogP contribution in [0.5, 0.6) is 0 Å². The molecule has 0 aliphatic carbocycles. The van der Waals surface area contributed by atoms with E-state index >= 15 is 0 Å². The summed E-state index contributed by atoms with van der Waals surface area (Å²) in [6.45, 7) is 0. The SMILES string of the molecule is COC(=O)C(=O)CCCCCCSc1ccc(-c2ccccc2)cc1. The summed E-state index contributed by atoms with van der Waals surface area (Å²) in [4.78, 5) is 23.6. The number of hydrogen-bond acceptors (Lipinski definition) is 4. The molecule has 3 nitrogen and oxygen atoms in total. The zero-order valence-corrected chi connectivity index (χ0v) is 15.4. The largest absolute Gasteiger partial charge is 0.463 e. The molecule has 25 heavy (non-hydrogen) atoms. The van der Waals surface area contributed by atoms with E-state index in [1.807, 2.05) is 17.8 Å². The second-order valence-corrected chi connectivity index (χ2v) is 6.99. The van der Waals surface area contributed by atoms with Crippen molar-refractivity contribution in [2.75, 3.05) is 12.9 Å². The van der Waals surface area contributed by atoms with Crippen molar-refractivity contribution < 1.29 is 14.3 Å². The monoisotopic (exact) mass is 356 g/mol. The first-order valence-corrected chi connectivity index (χ1v) is 9.58. The quantitative estimate of drug-likeness (QED) is 0.256. The summed E-state index contributed by atoms with van der Waals surface area (Å²) in [6.07, 6.45) is 4.20. The molecule has 0 N–H and O–H groups in total. The van der Waals surface area contributed by atoms with Crippen LogP contribution in [0.1, 0.15) is 32.1 Å². The lowest BCUT2D eigenvalue weighted by molar-refractivity contribution is -0.151. The molecule has 0 spiro atoms. The molecule has 0 aliphatic heterocycles. The summed E-state index contributed by atoms with van der Waals surface area (Å²) in [7, 11) is 1.24. The molecule has 2 aromatic carbocycles. The van der Waals surface area contributed by atoms with E-state index in [9.17, 15) is 9.59 Å². The first-order chi connectivity index (χ1) is 12.2. The molecule has 2 aromatic rings. The number of Topliss-reactive ketones (excluding diaryl/α,β-unsaturated/α-hetero) is 1. The van der Waals surface area contributed by atoms with Gasteiger partial charge in [-0.3, -0.25) is 4.79 Å². The molecule has 0 aromatic heterocycles. The maximum Gasteiger partial charge on any atom is 0.374 e. The lowest BCUT2D eigenvalue weighted by Gasteiger charge is -2.05. The summed E-state index contributed by atoms with van der Waals surface area (Å²) >= 11 is 1.86. The highest BCUT2D eigenvalue weighted by atomic mass is 32.2. The number of esters is 1. The molecular formula is C21H24O3S. The fourth-order valence-corrected chi connectivity index (χ4v) is 3.43. The average Bonchev–Trinajstić information content (AvgIpc) is 2.67. The molecule has 0 unspecified atom stereocenters. The zero-order valence-electron chi connectivity index (χ0n) is 14.6. The third-order valence-corrected chi connectivity index (χ3v) is 5.04. The standard InChI is InChI=1S/C21H24O3S/c1-24-21(23)20(22)11-7-2-3-8-16-25-19-14-12-18(13-15-19)17-9-5-4-6-10-17/h4-6,9-10,12-15H,2-3,7-8,11,16H2,1H3. The summed E-state index contributed by atoms with van der Waals surface area (Å²) < 4.78 is 4.40. The van der Waals surface area contributed by atoms with Crippen LogP contribution in [0.25, 0.3) is 11.1 Å². The highest BCUT2D eigenvalue weighted by molar-refractivity contribution is 7.99. The van der Waals surface area contributed by atoms with E-state index in [-0.39, 0.29) is 0 Å². The minimum absolute atomic E-state index is 0.292. The van der Waals surface area contributed by atoms with Gasteiger partial charge in [0.15, 0.2) is 0 Å². The summed E-state index contributed by atoms with van der Waals surface area (Å²) in [5, 5.41) is 0. The zero-order chi connectivity index (χ0) is 17.9. The van der Waals surface area contributed by atoms with Gasteiger partial charge in [0.2, 0.25) is 5.78 Å². The molecule has 0 fully saturated rings. The molecule has 132 valence electrons. The number of thioether (sulfide) groups is 1. The minimum Gasteiger partial charge on any atom is -0.463 e. The van der Waals surface area contributed by atoms with E-state index in [4.69, 9.17) is 0 Å². The van der Waals surface area contributed by atoms with Crippen molar-refractivity contribution in [2.45, 2.75) is 37.0 Å². The topological polar surface area (TPSA) is 43.4 Å². The van der Waals surface area contributed by atoms with Crippen LogP contribution in [0, 0.1) is 0 Å². The Labute approximate surface area is 153 Å². The molecule has 0 amide bonds. The average molecular weight is 356 g/mol. The number of rotatable bonds is 10. The van der Waals surface area contributed by atoms with E-state index < -0.39 is 11.8 Å². The normalized spacial score (nSPS) is 10.4. The minimum atomic E-state index is -0.727. The number of carbonyl (C=O) groups is 2. The van der Waals surface area contributed by atoms with Gasteiger partial charge in [-0.1, -0.05) is 55.3 Å². The number of ketones is 1. The van der Waals surface area contributed by atoms with Crippen LogP contribution in [0.3, 0.4) is 0 Å². The van der Waals surface area contributed by atoms with Crippen molar-refractivity contribution >= 4 is 23.5 Å². The van der Waals surface area contributed by atoms with Gasteiger partial charge in [0.1, 0.15) is 0 Å². The molecule has 0 atom stereocenters. The third-order valence-electron chi connectivity index (χ3n) is 3.94. The first kappa shape index (κ1) is 19.3. The lowest BCUT2D eigenvalue weighted by atomic mass is 10.1. The molecule has 4 heteroatoms. The number of unbranched alkanes of at least 4 members (excludes halogenated alkanes) is 3. The van der Waals surface area contributed by atoms with Crippen molar-refractivity contribution in [1.82, 2.24) is 0 Å². The Morgan fingerprint density at radius 1 is 0.840 bits per heavy atom. The van der Waals surface area contributed by atoms with Crippen molar-refractivity contribution in [3.8, 4) is 11.1 Å². The molecule has 0 heterocycles. The van der Waals surface area contributed by atoms with Gasteiger partial charge in [-0.15, -0.1) is 11.8 Å². The lowest BCUT2D eigenvalue weighted by Crippen LogP contribution is -2.14. The highest BCUT2D eigenvalue weighted by Crippen LogP contribution is 2.25. The molecule has 0 bridgehead atoms. The van der Waals surface area contributed by atoms with Crippen LogP contribution in [-0.2, 0) is 14.3 Å². The van der Waals surface area contributed by atoms with Crippen LogP contribution in [0.2, 0.25) is 0 Å². The summed E-state index contributed by atoms with van der Waals surface area (Å²) in [6, 6.07) is 19.0. The van der Waals surface area contributed by atoms with Gasteiger partial charge in [-0.2, -0.15) is 0 Å². The van der Waals surface area contributed by atoms with Crippen LogP contribution in [-0.4, -0.2) is 24.6 Å². The fourth-order valence-electron chi connectivity index (χ4n) is 2.52. The van der Waals surface area contributed by atoms with Gasteiger partial charge in [-0.05, 0) is 41.9 Å². The fraction of sp³-hybridized carbons (Fsp3) is 0.333. The van der Waals surface area contributed by atoms with E-state index in [0.717, 1.165) is 31.4 Å². The summed E-state index contributed by atoms with van der Waals surface area (Å²) in [5.41, 5.74) is 2.47. The predicted octanol–water partition coefficient (Wildman–Crippen LogP) is 5.14. The van der Waals surface area contributed by atoms with Gasteiger partial charge >= 0.3 is 5.97 Å². The van der Waals surface area contributed by atoms with Crippen molar-refractivity contribution in [3.63, 3.8) is 0 Å². The number of ether oxygens (including phenoxy) is 1. The van der Waals surface area contributed by atoms with E-state index in [0.29, 0.717) is 6.42 Å². The number of hydrogen-bond donors (Lipinski definition) is 0. The maximum atomic E-state index is 11.3. The summed E-state index contributed by atoms with van der Waals surface area (Å²) in [5.74, 6) is -0.0831. The van der Waals surface area contributed by atoms with Gasteiger partial charge in [0.05, 0.1) is 7.11 Å². The Hall–Kier alpha value is -2.07. The maximum absolute atomic E-state index is 11.3. The third kappa shape index (κ3) is 6.75. The first-order valence-electron chi connectivity index (χ1n) is 8.60. The molecule has 0 radical (unpaired) electrons. The van der Waals surface area contributed by atoms with Gasteiger partial charge in [0.25, 0.3) is 0 Å². The predicted molar refractivity (Wildman–Crippen MR) is 103 cm³/mol. The highest BCUT2D eigenvalue weighted by Gasteiger charge is 2.12. The van der Waals surface area contributed by atoms with Crippen molar-refractivity contribution in [3.05, 3.63) is 54.6 Å². The smallest absolute Gasteiger partial charge is 0.374 e. The molecule has 0 saturated heterocycles. The van der Waals surface area contributed by atoms with Crippen molar-refractivity contribution in [1.29, 1.82) is 0 Å². The van der Waals surface area contributed by atoms with E-state index in [1.165, 1.54) is 23.1 Å². The number of methoxy groups -OCH3 is 1. The van der Waals surface area contributed by atoms with E-state index in [1.54, 1.807) is 0 Å².